The highest BCUT2D eigenvalue weighted by Crippen LogP contribution is 2.23. The van der Waals surface area contributed by atoms with E-state index in [4.69, 9.17) is 4.74 Å². The van der Waals surface area contributed by atoms with Crippen LogP contribution in [0.4, 0.5) is 0 Å². The summed E-state index contributed by atoms with van der Waals surface area (Å²) >= 11 is 0. The molecule has 3 aromatic rings. The monoisotopic (exact) mass is 437 g/mol. The number of hydrogen-bond donors (Lipinski definition) is 1. The van der Waals surface area contributed by atoms with Gasteiger partial charge in [-0.3, -0.25) is 19.1 Å². The van der Waals surface area contributed by atoms with E-state index in [1.54, 1.807) is 36.3 Å². The number of aromatic nitrogens is 4. The first-order chi connectivity index (χ1) is 15.5. The summed E-state index contributed by atoms with van der Waals surface area (Å²) in [5.74, 6) is 0.545. The summed E-state index contributed by atoms with van der Waals surface area (Å²) in [5, 5.41) is 4.68. The third-order valence-corrected chi connectivity index (χ3v) is 6.10. The summed E-state index contributed by atoms with van der Waals surface area (Å²) < 4.78 is 6.71. The van der Waals surface area contributed by atoms with Crippen LogP contribution in [0.25, 0.3) is 10.9 Å². The first kappa shape index (κ1) is 21.7. The van der Waals surface area contributed by atoms with Crippen LogP contribution in [0, 0.1) is 5.92 Å². The molecule has 1 aliphatic rings. The number of Topliss-reactive ketones (excluding diaryl/α,β-unsaturated/α-hetero) is 1. The number of amides is 1. The highest BCUT2D eigenvalue weighted by atomic mass is 16.5. The molecule has 168 valence electrons. The van der Waals surface area contributed by atoms with E-state index in [0.717, 1.165) is 11.2 Å². The van der Waals surface area contributed by atoms with Gasteiger partial charge < -0.3 is 14.6 Å². The number of ketones is 1. The van der Waals surface area contributed by atoms with Crippen LogP contribution in [0.2, 0.25) is 0 Å². The molecule has 32 heavy (non-hydrogen) atoms. The van der Waals surface area contributed by atoms with E-state index in [1.165, 1.54) is 7.11 Å². The molecule has 0 unspecified atom stereocenters. The van der Waals surface area contributed by atoms with Crippen molar-refractivity contribution in [2.24, 2.45) is 13.0 Å². The van der Waals surface area contributed by atoms with Gasteiger partial charge in [-0.05, 0) is 37.8 Å². The van der Waals surface area contributed by atoms with Crippen LogP contribution >= 0.6 is 0 Å². The van der Waals surface area contributed by atoms with E-state index in [1.807, 2.05) is 11.0 Å². The number of H-pyrrole nitrogens is 1. The van der Waals surface area contributed by atoms with Crippen molar-refractivity contribution < 1.29 is 14.3 Å². The normalized spacial score (nSPS) is 14.6. The van der Waals surface area contributed by atoms with Gasteiger partial charge in [0, 0.05) is 56.0 Å². The lowest BCUT2D eigenvalue weighted by atomic mass is 9.89. The summed E-state index contributed by atoms with van der Waals surface area (Å²) in [6, 6.07) is 5.34. The molecule has 4 heterocycles. The average Bonchev–Trinajstić information content (AvgIpc) is 3.20. The van der Waals surface area contributed by atoms with Crippen molar-refractivity contribution in [3.63, 3.8) is 0 Å². The number of fused-ring (bicyclic) bond motifs is 1. The SMILES string of the molecule is COc1ccc(C(=O)C2CCN(C(=O)CCCc3cc4c(cnn4C)c(=O)[nH]3)CC2)cn1. The van der Waals surface area contributed by atoms with Gasteiger partial charge in [0.05, 0.1) is 24.2 Å². The maximum absolute atomic E-state index is 12.7. The number of aromatic amines is 1. The van der Waals surface area contributed by atoms with E-state index in [0.29, 0.717) is 62.0 Å². The number of ether oxygens (including phenoxy) is 1. The van der Waals surface area contributed by atoms with E-state index >= 15 is 0 Å². The minimum Gasteiger partial charge on any atom is -0.481 e. The lowest BCUT2D eigenvalue weighted by molar-refractivity contribution is -0.132. The van der Waals surface area contributed by atoms with Crippen molar-refractivity contribution in [1.82, 2.24) is 24.6 Å². The number of pyridine rings is 2. The zero-order valence-electron chi connectivity index (χ0n) is 18.3. The molecule has 1 aliphatic heterocycles. The fraction of sp³-hybridized carbons (Fsp3) is 0.435. The van der Waals surface area contributed by atoms with Crippen molar-refractivity contribution in [3.05, 3.63) is 52.2 Å². The molecule has 0 radical (unpaired) electrons. The Kier molecular flexibility index (Phi) is 6.34. The Labute approximate surface area is 185 Å². The summed E-state index contributed by atoms with van der Waals surface area (Å²) in [5.41, 5.74) is 2.01. The van der Waals surface area contributed by atoms with Gasteiger partial charge in [0.1, 0.15) is 0 Å². The standard InChI is InChI=1S/C23H27N5O4/c1-27-19-12-17(26-23(31)18(19)14-25-27)4-3-5-21(29)28-10-8-15(9-11-28)22(30)16-6-7-20(32-2)24-13-16/h6-7,12-15H,3-5,8-11H2,1-2H3,(H,26,31). The number of rotatable bonds is 7. The maximum atomic E-state index is 12.7. The molecule has 0 saturated carbocycles. The number of likely N-dealkylation sites (tertiary alicyclic amines) is 1. The second kappa shape index (κ2) is 9.33. The predicted molar refractivity (Wildman–Crippen MR) is 119 cm³/mol. The van der Waals surface area contributed by atoms with Crippen molar-refractivity contribution in [3.8, 4) is 5.88 Å². The van der Waals surface area contributed by atoms with Crippen molar-refractivity contribution in [1.29, 1.82) is 0 Å². The number of carbonyl (C=O) groups is 2. The van der Waals surface area contributed by atoms with Crippen LogP contribution in [-0.2, 0) is 18.3 Å². The summed E-state index contributed by atoms with van der Waals surface area (Å²) in [4.78, 5) is 46.3. The maximum Gasteiger partial charge on any atom is 0.259 e. The average molecular weight is 438 g/mol. The molecule has 9 heteroatoms. The Morgan fingerprint density at radius 3 is 2.69 bits per heavy atom. The number of methoxy groups -OCH3 is 1. The number of nitrogens with zero attached hydrogens (tertiary/aromatic N) is 4. The van der Waals surface area contributed by atoms with E-state index in [9.17, 15) is 14.4 Å². The smallest absolute Gasteiger partial charge is 0.259 e. The van der Waals surface area contributed by atoms with Crippen molar-refractivity contribution >= 4 is 22.6 Å². The molecule has 0 aromatic carbocycles. The zero-order valence-corrected chi connectivity index (χ0v) is 18.3. The fourth-order valence-electron chi connectivity index (χ4n) is 4.20. The Morgan fingerprint density at radius 1 is 1.22 bits per heavy atom. The van der Waals surface area contributed by atoms with Gasteiger partial charge in [-0.15, -0.1) is 0 Å². The third-order valence-electron chi connectivity index (χ3n) is 6.10. The second-order valence-electron chi connectivity index (χ2n) is 8.15. The van der Waals surface area contributed by atoms with Gasteiger partial charge in [-0.1, -0.05) is 0 Å². The number of piperidine rings is 1. The third kappa shape index (κ3) is 4.56. The number of carbonyl (C=O) groups excluding carboxylic acids is 2. The van der Waals surface area contributed by atoms with E-state index in [-0.39, 0.29) is 23.2 Å². The molecule has 0 atom stereocenters. The second-order valence-corrected chi connectivity index (χ2v) is 8.15. The number of hydrogen-bond acceptors (Lipinski definition) is 6. The Hall–Kier alpha value is -3.49. The van der Waals surface area contributed by atoms with Crippen molar-refractivity contribution in [2.75, 3.05) is 20.2 Å². The molecule has 9 nitrogen and oxygen atoms in total. The molecular weight excluding hydrogens is 410 g/mol. The highest BCUT2D eigenvalue weighted by molar-refractivity contribution is 5.97. The molecule has 0 spiro atoms. The molecule has 4 rings (SSSR count). The topological polar surface area (TPSA) is 110 Å². The molecule has 0 aliphatic carbocycles. The van der Waals surface area contributed by atoms with Gasteiger partial charge in [-0.25, -0.2) is 4.98 Å². The number of aryl methyl sites for hydroxylation is 2. The Morgan fingerprint density at radius 2 is 2.00 bits per heavy atom. The van der Waals surface area contributed by atoms with Gasteiger partial charge in [-0.2, -0.15) is 5.10 Å². The summed E-state index contributed by atoms with van der Waals surface area (Å²) in [6.07, 6.45) is 6.08. The summed E-state index contributed by atoms with van der Waals surface area (Å²) in [6.45, 7) is 1.16. The van der Waals surface area contributed by atoms with Crippen LogP contribution in [-0.4, -0.2) is 56.5 Å². The molecular formula is C23H27N5O4. The minimum atomic E-state index is -0.157. The van der Waals surface area contributed by atoms with Gasteiger partial charge in [0.15, 0.2) is 5.78 Å². The predicted octanol–water partition coefficient (Wildman–Crippen LogP) is 2.11. The van der Waals surface area contributed by atoms with E-state index < -0.39 is 0 Å². The minimum absolute atomic E-state index is 0.0711. The quantitative estimate of drug-likeness (QED) is 0.567. The molecule has 1 amide bonds. The van der Waals surface area contributed by atoms with Crippen LogP contribution in [0.5, 0.6) is 5.88 Å². The molecule has 1 saturated heterocycles. The zero-order chi connectivity index (χ0) is 22.7. The molecule has 0 bridgehead atoms. The van der Waals surface area contributed by atoms with Crippen LogP contribution in [0.15, 0.2) is 35.4 Å². The summed E-state index contributed by atoms with van der Waals surface area (Å²) in [7, 11) is 3.34. The first-order valence-electron chi connectivity index (χ1n) is 10.8. The molecule has 1 N–H and O–H groups in total. The molecule has 1 fully saturated rings. The Balaban J connectivity index is 1.26. The van der Waals surface area contributed by atoms with Gasteiger partial charge in [0.25, 0.3) is 5.56 Å². The Bertz CT molecular complexity index is 1170. The van der Waals surface area contributed by atoms with Gasteiger partial charge >= 0.3 is 0 Å². The molecule has 3 aromatic heterocycles. The van der Waals surface area contributed by atoms with Gasteiger partial charge in [0.2, 0.25) is 11.8 Å². The number of nitrogens with one attached hydrogen (secondary N) is 1. The van der Waals surface area contributed by atoms with Crippen molar-refractivity contribution in [2.45, 2.75) is 32.1 Å². The largest absolute Gasteiger partial charge is 0.481 e. The van der Waals surface area contributed by atoms with Crippen LogP contribution < -0.4 is 10.3 Å². The van der Waals surface area contributed by atoms with Crippen LogP contribution in [0.1, 0.15) is 41.7 Å². The lowest BCUT2D eigenvalue weighted by Gasteiger charge is -2.31. The van der Waals surface area contributed by atoms with Crippen LogP contribution in [0.3, 0.4) is 0 Å². The highest BCUT2D eigenvalue weighted by Gasteiger charge is 2.28. The first-order valence-corrected chi connectivity index (χ1v) is 10.8. The lowest BCUT2D eigenvalue weighted by Crippen LogP contribution is -2.40. The van der Waals surface area contributed by atoms with E-state index in [2.05, 4.69) is 15.1 Å². The fourth-order valence-corrected chi connectivity index (χ4v) is 4.20.